The lowest BCUT2D eigenvalue weighted by atomic mass is 9.88. The highest BCUT2D eigenvalue weighted by atomic mass is 14.9. The molecule has 2 rings (SSSR count). The zero-order valence-electron chi connectivity index (χ0n) is 11.4. The molecule has 0 spiro atoms. The Morgan fingerprint density at radius 3 is 2.59 bits per heavy atom. The Bertz CT molecular complexity index is 364. The Labute approximate surface area is 106 Å². The third-order valence-corrected chi connectivity index (χ3v) is 4.07. The number of nitrogens with one attached hydrogen (secondary N) is 1. The molecule has 1 N–H and O–H groups in total. The van der Waals surface area contributed by atoms with Crippen LogP contribution < -0.4 is 5.32 Å². The van der Waals surface area contributed by atoms with Crippen LogP contribution in [0.2, 0.25) is 0 Å². The van der Waals surface area contributed by atoms with Crippen molar-refractivity contribution < 1.29 is 0 Å². The summed E-state index contributed by atoms with van der Waals surface area (Å²) in [4.78, 5) is 0. The average Bonchev–Trinajstić information content (AvgIpc) is 2.83. The van der Waals surface area contributed by atoms with Crippen LogP contribution in [0.15, 0.2) is 18.2 Å². The standard InChI is InChI=1S/C16H25N/c1-4-17-16(14-7-5-6-8-14)15-11-12(2)9-10-13(15)3/h9-11,14,16-17H,4-8H2,1-3H3. The van der Waals surface area contributed by atoms with Crippen LogP contribution in [0.3, 0.4) is 0 Å². The summed E-state index contributed by atoms with van der Waals surface area (Å²) in [5.41, 5.74) is 4.35. The van der Waals surface area contributed by atoms with E-state index in [1.54, 1.807) is 0 Å². The normalized spacial score (nSPS) is 18.5. The lowest BCUT2D eigenvalue weighted by molar-refractivity contribution is 0.373. The van der Waals surface area contributed by atoms with Crippen LogP contribution in [0.1, 0.15) is 55.3 Å². The summed E-state index contributed by atoms with van der Waals surface area (Å²) >= 11 is 0. The summed E-state index contributed by atoms with van der Waals surface area (Å²) in [6.07, 6.45) is 5.62. The predicted octanol–water partition coefficient (Wildman–Crippen LogP) is 4.14. The molecule has 1 saturated carbocycles. The van der Waals surface area contributed by atoms with Gasteiger partial charge in [0.2, 0.25) is 0 Å². The number of aryl methyl sites for hydroxylation is 2. The van der Waals surface area contributed by atoms with Crippen molar-refractivity contribution in [3.8, 4) is 0 Å². The van der Waals surface area contributed by atoms with Gasteiger partial charge in [-0.15, -0.1) is 0 Å². The van der Waals surface area contributed by atoms with E-state index in [4.69, 9.17) is 0 Å². The molecule has 1 aromatic rings. The summed E-state index contributed by atoms with van der Waals surface area (Å²) in [5.74, 6) is 0.843. The second-order valence-electron chi connectivity index (χ2n) is 5.44. The van der Waals surface area contributed by atoms with Crippen LogP contribution in [0, 0.1) is 19.8 Å². The molecule has 1 atom stereocenters. The topological polar surface area (TPSA) is 12.0 Å². The summed E-state index contributed by atoms with van der Waals surface area (Å²) in [7, 11) is 0. The number of hydrogen-bond acceptors (Lipinski definition) is 1. The van der Waals surface area contributed by atoms with Gasteiger partial charge in [-0.05, 0) is 50.3 Å². The maximum absolute atomic E-state index is 3.71. The van der Waals surface area contributed by atoms with Crippen molar-refractivity contribution in [3.05, 3.63) is 34.9 Å². The van der Waals surface area contributed by atoms with Crippen LogP contribution in [0.5, 0.6) is 0 Å². The fourth-order valence-electron chi connectivity index (χ4n) is 3.14. The van der Waals surface area contributed by atoms with E-state index in [1.807, 2.05) is 0 Å². The fraction of sp³-hybridized carbons (Fsp3) is 0.625. The zero-order chi connectivity index (χ0) is 12.3. The average molecular weight is 231 g/mol. The third-order valence-electron chi connectivity index (χ3n) is 4.07. The Morgan fingerprint density at radius 2 is 1.94 bits per heavy atom. The van der Waals surface area contributed by atoms with Gasteiger partial charge in [0, 0.05) is 6.04 Å². The minimum atomic E-state index is 0.572. The second-order valence-corrected chi connectivity index (χ2v) is 5.44. The molecule has 0 heterocycles. The lowest BCUT2D eigenvalue weighted by Gasteiger charge is -2.26. The second kappa shape index (κ2) is 5.68. The molecule has 0 aromatic heterocycles. The van der Waals surface area contributed by atoms with E-state index < -0.39 is 0 Å². The first-order chi connectivity index (χ1) is 8.22. The van der Waals surface area contributed by atoms with Crippen LogP contribution in [-0.4, -0.2) is 6.54 Å². The van der Waals surface area contributed by atoms with Crippen LogP contribution in [-0.2, 0) is 0 Å². The molecule has 94 valence electrons. The van der Waals surface area contributed by atoms with Gasteiger partial charge in [0.05, 0.1) is 0 Å². The molecule has 0 aliphatic heterocycles. The largest absolute Gasteiger partial charge is 0.310 e. The molecular weight excluding hydrogens is 206 g/mol. The molecule has 1 aliphatic rings. The highest BCUT2D eigenvalue weighted by Crippen LogP contribution is 2.36. The summed E-state index contributed by atoms with van der Waals surface area (Å²) in [6, 6.07) is 7.43. The summed E-state index contributed by atoms with van der Waals surface area (Å²) in [5, 5.41) is 3.71. The highest BCUT2D eigenvalue weighted by molar-refractivity contribution is 5.33. The molecule has 1 aliphatic carbocycles. The van der Waals surface area contributed by atoms with E-state index in [-0.39, 0.29) is 0 Å². The van der Waals surface area contributed by atoms with E-state index in [9.17, 15) is 0 Å². The SMILES string of the molecule is CCNC(c1cc(C)ccc1C)C1CCCC1. The maximum Gasteiger partial charge on any atom is 0.0351 e. The van der Waals surface area contributed by atoms with Crippen LogP contribution in [0.4, 0.5) is 0 Å². The van der Waals surface area contributed by atoms with Gasteiger partial charge in [-0.3, -0.25) is 0 Å². The monoisotopic (exact) mass is 231 g/mol. The van der Waals surface area contributed by atoms with Gasteiger partial charge in [-0.25, -0.2) is 0 Å². The molecule has 0 amide bonds. The molecule has 17 heavy (non-hydrogen) atoms. The minimum Gasteiger partial charge on any atom is -0.310 e. The van der Waals surface area contributed by atoms with Gasteiger partial charge in [0.15, 0.2) is 0 Å². The Morgan fingerprint density at radius 1 is 1.24 bits per heavy atom. The molecule has 0 saturated heterocycles. The first-order valence-electron chi connectivity index (χ1n) is 7.03. The Kier molecular flexibility index (Phi) is 4.22. The van der Waals surface area contributed by atoms with Gasteiger partial charge in [0.25, 0.3) is 0 Å². The number of benzene rings is 1. The van der Waals surface area contributed by atoms with Gasteiger partial charge in [-0.1, -0.05) is 43.5 Å². The molecule has 0 radical (unpaired) electrons. The first kappa shape index (κ1) is 12.6. The van der Waals surface area contributed by atoms with Gasteiger partial charge in [0.1, 0.15) is 0 Å². The van der Waals surface area contributed by atoms with Gasteiger partial charge in [-0.2, -0.15) is 0 Å². The highest BCUT2D eigenvalue weighted by Gasteiger charge is 2.26. The van der Waals surface area contributed by atoms with E-state index in [1.165, 1.54) is 42.4 Å². The smallest absolute Gasteiger partial charge is 0.0351 e. The first-order valence-corrected chi connectivity index (χ1v) is 7.03. The molecule has 1 nitrogen and oxygen atoms in total. The lowest BCUT2D eigenvalue weighted by Crippen LogP contribution is -2.27. The van der Waals surface area contributed by atoms with E-state index in [0.29, 0.717) is 6.04 Å². The van der Waals surface area contributed by atoms with E-state index in [0.717, 1.165) is 12.5 Å². The molecule has 1 aromatic carbocycles. The van der Waals surface area contributed by atoms with E-state index >= 15 is 0 Å². The van der Waals surface area contributed by atoms with E-state index in [2.05, 4.69) is 44.3 Å². The quantitative estimate of drug-likeness (QED) is 0.821. The van der Waals surface area contributed by atoms with Crippen molar-refractivity contribution in [1.82, 2.24) is 5.32 Å². The minimum absolute atomic E-state index is 0.572. The van der Waals surface area contributed by atoms with Crippen molar-refractivity contribution in [2.45, 2.75) is 52.5 Å². The van der Waals surface area contributed by atoms with Crippen molar-refractivity contribution >= 4 is 0 Å². The summed E-state index contributed by atoms with van der Waals surface area (Å²) in [6.45, 7) is 7.72. The van der Waals surface area contributed by atoms with Crippen LogP contribution in [0.25, 0.3) is 0 Å². The van der Waals surface area contributed by atoms with Gasteiger partial charge < -0.3 is 5.32 Å². The van der Waals surface area contributed by atoms with Crippen LogP contribution >= 0.6 is 0 Å². The van der Waals surface area contributed by atoms with Crippen molar-refractivity contribution in [3.63, 3.8) is 0 Å². The van der Waals surface area contributed by atoms with Gasteiger partial charge >= 0.3 is 0 Å². The third kappa shape index (κ3) is 2.90. The molecule has 1 unspecified atom stereocenters. The molecule has 0 bridgehead atoms. The fourth-order valence-corrected chi connectivity index (χ4v) is 3.14. The summed E-state index contributed by atoms with van der Waals surface area (Å²) < 4.78 is 0. The molecule has 1 heteroatoms. The van der Waals surface area contributed by atoms with Crippen molar-refractivity contribution in [2.24, 2.45) is 5.92 Å². The van der Waals surface area contributed by atoms with Crippen molar-refractivity contribution in [2.75, 3.05) is 6.54 Å². The Balaban J connectivity index is 2.27. The zero-order valence-corrected chi connectivity index (χ0v) is 11.4. The maximum atomic E-state index is 3.71. The number of rotatable bonds is 4. The molecule has 1 fully saturated rings. The molecular formula is C16H25N. The Hall–Kier alpha value is -0.820. The van der Waals surface area contributed by atoms with Crippen molar-refractivity contribution in [1.29, 1.82) is 0 Å². The predicted molar refractivity (Wildman–Crippen MR) is 74.3 cm³/mol. The number of hydrogen-bond donors (Lipinski definition) is 1.